The Hall–Kier alpha value is -3.25. The monoisotopic (exact) mass is 500 g/mol. The number of fused-ring (bicyclic) bond motifs is 1. The van der Waals surface area contributed by atoms with E-state index in [1.807, 2.05) is 29.6 Å². The zero-order valence-electron chi connectivity index (χ0n) is 18.8. The molecule has 8 N–H and O–H groups in total. The number of aromatic nitrogens is 1. The van der Waals surface area contributed by atoms with Gasteiger partial charge in [0.2, 0.25) is 11.8 Å². The summed E-state index contributed by atoms with van der Waals surface area (Å²) in [4.78, 5) is 41.5. The van der Waals surface area contributed by atoms with Gasteiger partial charge in [0.25, 0.3) is 5.91 Å². The number of primary amides is 1. The summed E-state index contributed by atoms with van der Waals surface area (Å²) in [6.45, 7) is 0. The molecule has 1 saturated carbocycles. The van der Waals surface area contributed by atoms with Crippen LogP contribution in [0.15, 0.2) is 48.0 Å². The molecule has 35 heavy (non-hydrogen) atoms. The van der Waals surface area contributed by atoms with E-state index in [2.05, 4.69) is 15.6 Å². The average Bonchev–Trinajstić information content (AvgIpc) is 3.46. The van der Waals surface area contributed by atoms with Crippen LogP contribution in [0.4, 0.5) is 0 Å². The summed E-state index contributed by atoms with van der Waals surface area (Å²) in [5.41, 5.74) is 5.02. The molecule has 2 aromatic heterocycles. The van der Waals surface area contributed by atoms with Gasteiger partial charge >= 0.3 is 0 Å². The van der Waals surface area contributed by atoms with E-state index in [4.69, 9.17) is 5.73 Å². The molecule has 1 aliphatic carbocycles. The maximum absolute atomic E-state index is 13.1. The maximum Gasteiger partial charge on any atom is 0.252 e. The molecule has 1 aliphatic rings. The number of carbonyl (C=O) groups is 3. The third kappa shape index (κ3) is 5.54. The lowest BCUT2D eigenvalue weighted by atomic mass is 9.77. The lowest BCUT2D eigenvalue weighted by molar-refractivity contribution is -0.160. The number of aliphatic hydroxyl groups is 3. The van der Waals surface area contributed by atoms with E-state index in [0.717, 1.165) is 21.3 Å². The number of thiophene rings is 1. The topological polar surface area (TPSA) is 178 Å². The first-order chi connectivity index (χ1) is 16.7. The summed E-state index contributed by atoms with van der Waals surface area (Å²) >= 11 is 1.40. The van der Waals surface area contributed by atoms with Crippen molar-refractivity contribution >= 4 is 40.0 Å². The fourth-order valence-corrected chi connectivity index (χ4v) is 5.19. The number of benzene rings is 1. The second-order valence-electron chi connectivity index (χ2n) is 8.92. The normalized spacial score (nSPS) is 25.2. The van der Waals surface area contributed by atoms with Crippen LogP contribution < -0.4 is 16.4 Å². The summed E-state index contributed by atoms with van der Waals surface area (Å²) in [6, 6.07) is 8.87. The SMILES string of the molecule is NC(=O)C(Cc1c[nH]c2ccccc12)NC(=O)C1(O)CC(O)C(O)C(NC(=O)Cc2cccs2)C1. The molecule has 11 heteroatoms. The van der Waals surface area contributed by atoms with Gasteiger partial charge in [-0.2, -0.15) is 0 Å². The molecule has 0 spiro atoms. The van der Waals surface area contributed by atoms with Crippen molar-refractivity contribution in [3.63, 3.8) is 0 Å². The quantitative estimate of drug-likeness (QED) is 0.223. The van der Waals surface area contributed by atoms with Crippen LogP contribution in [-0.2, 0) is 27.2 Å². The van der Waals surface area contributed by atoms with Crippen molar-refractivity contribution in [1.82, 2.24) is 15.6 Å². The van der Waals surface area contributed by atoms with Gasteiger partial charge < -0.3 is 36.7 Å². The largest absolute Gasteiger partial charge is 0.390 e. The van der Waals surface area contributed by atoms with Gasteiger partial charge in [-0.25, -0.2) is 0 Å². The van der Waals surface area contributed by atoms with Crippen LogP contribution in [0.5, 0.6) is 0 Å². The van der Waals surface area contributed by atoms with Crippen LogP contribution in [0.25, 0.3) is 10.9 Å². The fourth-order valence-electron chi connectivity index (χ4n) is 4.49. The average molecular weight is 501 g/mol. The van der Waals surface area contributed by atoms with Crippen LogP contribution >= 0.6 is 11.3 Å². The van der Waals surface area contributed by atoms with E-state index < -0.39 is 54.0 Å². The van der Waals surface area contributed by atoms with E-state index in [-0.39, 0.29) is 19.3 Å². The minimum Gasteiger partial charge on any atom is -0.390 e. The summed E-state index contributed by atoms with van der Waals surface area (Å²) in [5.74, 6) is -2.11. The second kappa shape index (κ2) is 10.2. The van der Waals surface area contributed by atoms with Gasteiger partial charge in [0.1, 0.15) is 17.7 Å². The van der Waals surface area contributed by atoms with Gasteiger partial charge in [-0.15, -0.1) is 11.3 Å². The lowest BCUT2D eigenvalue weighted by Gasteiger charge is -2.41. The standard InChI is InChI=1S/C24H28N4O6S/c25-22(32)17(8-13-12-26-16-6-2-1-5-15(13)16)28-23(33)24(34)10-18(21(31)19(29)11-24)27-20(30)9-14-4-3-7-35-14/h1-7,12,17-19,21,26,29,31,34H,8-11H2,(H2,25,32)(H,27,30)(H,28,33). The smallest absolute Gasteiger partial charge is 0.252 e. The van der Waals surface area contributed by atoms with Crippen molar-refractivity contribution in [1.29, 1.82) is 0 Å². The molecule has 4 rings (SSSR count). The molecule has 5 unspecified atom stereocenters. The minimum atomic E-state index is -2.13. The van der Waals surface area contributed by atoms with Gasteiger partial charge in [-0.1, -0.05) is 24.3 Å². The Balaban J connectivity index is 1.45. The number of nitrogens with two attached hydrogens (primary N) is 1. The zero-order valence-corrected chi connectivity index (χ0v) is 19.6. The van der Waals surface area contributed by atoms with Crippen molar-refractivity contribution in [3.05, 3.63) is 58.4 Å². The number of H-pyrrole nitrogens is 1. The first kappa shape index (κ1) is 24.9. The molecule has 1 fully saturated rings. The maximum atomic E-state index is 13.1. The van der Waals surface area contributed by atoms with Crippen molar-refractivity contribution in [2.45, 2.75) is 55.6 Å². The third-order valence-corrected chi connectivity index (χ3v) is 7.22. The Morgan fingerprint density at radius 1 is 1.17 bits per heavy atom. The van der Waals surface area contributed by atoms with Crippen molar-refractivity contribution in [2.24, 2.45) is 5.73 Å². The number of hydrogen-bond acceptors (Lipinski definition) is 7. The first-order valence-electron chi connectivity index (χ1n) is 11.2. The van der Waals surface area contributed by atoms with Crippen LogP contribution in [0, 0.1) is 0 Å². The molecule has 10 nitrogen and oxygen atoms in total. The molecule has 186 valence electrons. The Labute approximate surface area is 205 Å². The summed E-state index contributed by atoms with van der Waals surface area (Å²) in [5, 5.41) is 39.6. The number of carbonyl (C=O) groups excluding carboxylic acids is 3. The molecule has 3 aromatic rings. The fraction of sp³-hybridized carbons (Fsp3) is 0.375. The van der Waals surface area contributed by atoms with Gasteiger partial charge in [0, 0.05) is 41.2 Å². The Kier molecular flexibility index (Phi) is 7.22. The predicted octanol–water partition coefficient (Wildman–Crippen LogP) is -0.284. The van der Waals surface area contributed by atoms with Crippen LogP contribution in [-0.4, -0.2) is 67.9 Å². The molecule has 1 aromatic carbocycles. The number of aromatic amines is 1. The van der Waals surface area contributed by atoms with E-state index in [0.29, 0.717) is 0 Å². The summed E-state index contributed by atoms with van der Waals surface area (Å²) in [6.07, 6.45) is -1.76. The molecule has 5 atom stereocenters. The highest BCUT2D eigenvalue weighted by Crippen LogP contribution is 2.30. The molecule has 0 bridgehead atoms. The second-order valence-corrected chi connectivity index (χ2v) is 9.95. The van der Waals surface area contributed by atoms with E-state index in [9.17, 15) is 29.7 Å². The van der Waals surface area contributed by atoms with Gasteiger partial charge in [-0.05, 0) is 23.1 Å². The van der Waals surface area contributed by atoms with Crippen LogP contribution in [0.1, 0.15) is 23.3 Å². The Morgan fingerprint density at radius 2 is 1.94 bits per heavy atom. The van der Waals surface area contributed by atoms with E-state index >= 15 is 0 Å². The van der Waals surface area contributed by atoms with Gasteiger partial charge in [0.05, 0.1) is 18.6 Å². The molecule has 2 heterocycles. The Bertz CT molecular complexity index is 1210. The summed E-state index contributed by atoms with van der Waals surface area (Å²) in [7, 11) is 0. The number of nitrogens with one attached hydrogen (secondary N) is 3. The highest BCUT2D eigenvalue weighted by atomic mass is 32.1. The van der Waals surface area contributed by atoms with Crippen LogP contribution in [0.3, 0.4) is 0 Å². The minimum absolute atomic E-state index is 0.0655. The van der Waals surface area contributed by atoms with Crippen LogP contribution in [0.2, 0.25) is 0 Å². The third-order valence-electron chi connectivity index (χ3n) is 6.34. The van der Waals surface area contributed by atoms with Crippen molar-refractivity contribution in [2.75, 3.05) is 0 Å². The molecule has 0 saturated heterocycles. The first-order valence-corrected chi connectivity index (χ1v) is 12.1. The lowest BCUT2D eigenvalue weighted by Crippen LogP contribution is -2.64. The number of para-hydroxylation sites is 1. The molecule has 3 amide bonds. The van der Waals surface area contributed by atoms with E-state index in [1.165, 1.54) is 11.3 Å². The molecular formula is C24H28N4O6S. The van der Waals surface area contributed by atoms with Gasteiger partial charge in [-0.3, -0.25) is 14.4 Å². The van der Waals surface area contributed by atoms with E-state index in [1.54, 1.807) is 18.3 Å². The zero-order chi connectivity index (χ0) is 25.2. The molecular weight excluding hydrogens is 472 g/mol. The molecule has 0 aliphatic heterocycles. The van der Waals surface area contributed by atoms with Crippen molar-refractivity contribution < 1.29 is 29.7 Å². The predicted molar refractivity (Wildman–Crippen MR) is 129 cm³/mol. The number of amides is 3. The molecule has 0 radical (unpaired) electrons. The summed E-state index contributed by atoms with van der Waals surface area (Å²) < 4.78 is 0. The van der Waals surface area contributed by atoms with Crippen molar-refractivity contribution in [3.8, 4) is 0 Å². The Morgan fingerprint density at radius 3 is 2.66 bits per heavy atom. The highest BCUT2D eigenvalue weighted by Gasteiger charge is 2.49. The van der Waals surface area contributed by atoms with Gasteiger partial charge in [0.15, 0.2) is 0 Å². The number of hydrogen-bond donors (Lipinski definition) is 7. The highest BCUT2D eigenvalue weighted by molar-refractivity contribution is 7.10. The number of aliphatic hydroxyl groups excluding tert-OH is 2. The number of rotatable bonds is 8.